The van der Waals surface area contributed by atoms with Gasteiger partial charge < -0.3 is 14.8 Å². The number of hydrogen-bond donors (Lipinski definition) is 1. The van der Waals surface area contributed by atoms with Crippen molar-refractivity contribution >= 4 is 33.2 Å². The van der Waals surface area contributed by atoms with Gasteiger partial charge in [-0.3, -0.25) is 4.79 Å². The number of benzene rings is 3. The standard InChI is InChI=1S/C24H25ClN2O5S/c1-17-9-11-21(31-2)20(13-17)26-24(28)16-27(15-18-7-5-4-6-8-18)33(29,30)23-14-19(25)10-12-22(23)32-3/h4-14H,15-16H2,1-3H3,(H,26,28). The number of nitrogens with zero attached hydrogens (tertiary/aromatic N) is 1. The summed E-state index contributed by atoms with van der Waals surface area (Å²) in [5.74, 6) is 0.0977. The zero-order chi connectivity index (χ0) is 24.0. The number of anilines is 1. The molecule has 0 spiro atoms. The lowest BCUT2D eigenvalue weighted by molar-refractivity contribution is -0.116. The summed E-state index contributed by atoms with van der Waals surface area (Å²) in [5, 5.41) is 2.99. The molecule has 1 N–H and O–H groups in total. The van der Waals surface area contributed by atoms with Crippen LogP contribution in [0.5, 0.6) is 11.5 Å². The quantitative estimate of drug-likeness (QED) is 0.479. The average molecular weight is 489 g/mol. The van der Waals surface area contributed by atoms with Crippen LogP contribution in [0.4, 0.5) is 5.69 Å². The zero-order valence-electron chi connectivity index (χ0n) is 18.5. The highest BCUT2D eigenvalue weighted by Gasteiger charge is 2.30. The summed E-state index contributed by atoms with van der Waals surface area (Å²) in [6, 6.07) is 18.7. The minimum atomic E-state index is -4.14. The summed E-state index contributed by atoms with van der Waals surface area (Å²) in [7, 11) is -1.27. The van der Waals surface area contributed by atoms with Gasteiger partial charge in [-0.25, -0.2) is 8.42 Å². The van der Waals surface area contributed by atoms with Crippen LogP contribution >= 0.6 is 11.6 Å². The number of carbonyl (C=O) groups is 1. The summed E-state index contributed by atoms with van der Waals surface area (Å²) in [6.07, 6.45) is 0. The molecule has 0 aromatic heterocycles. The number of methoxy groups -OCH3 is 2. The van der Waals surface area contributed by atoms with Crippen molar-refractivity contribution in [1.82, 2.24) is 4.31 Å². The van der Waals surface area contributed by atoms with Crippen molar-refractivity contribution in [2.45, 2.75) is 18.4 Å². The van der Waals surface area contributed by atoms with Crippen molar-refractivity contribution in [2.24, 2.45) is 0 Å². The highest BCUT2D eigenvalue weighted by atomic mass is 35.5. The van der Waals surface area contributed by atoms with E-state index in [1.807, 2.05) is 19.1 Å². The predicted octanol–water partition coefficient (Wildman–Crippen LogP) is 4.50. The van der Waals surface area contributed by atoms with Crippen LogP contribution in [0.2, 0.25) is 5.02 Å². The maximum absolute atomic E-state index is 13.6. The molecule has 7 nitrogen and oxygen atoms in total. The second kappa shape index (κ2) is 10.7. The number of halogens is 1. The first-order valence-electron chi connectivity index (χ1n) is 10.1. The monoisotopic (exact) mass is 488 g/mol. The van der Waals surface area contributed by atoms with E-state index in [9.17, 15) is 13.2 Å². The van der Waals surface area contributed by atoms with Gasteiger partial charge in [-0.1, -0.05) is 48.0 Å². The Kier molecular flexibility index (Phi) is 7.97. The van der Waals surface area contributed by atoms with Crippen molar-refractivity contribution in [3.8, 4) is 11.5 Å². The van der Waals surface area contributed by atoms with Crippen molar-refractivity contribution in [3.63, 3.8) is 0 Å². The molecule has 0 atom stereocenters. The first kappa shape index (κ1) is 24.6. The Hall–Kier alpha value is -3.07. The van der Waals surface area contributed by atoms with Gasteiger partial charge in [0.2, 0.25) is 15.9 Å². The molecule has 1 amide bonds. The number of carbonyl (C=O) groups excluding carboxylic acids is 1. The van der Waals surface area contributed by atoms with E-state index < -0.39 is 22.5 Å². The van der Waals surface area contributed by atoms with Crippen LogP contribution in [0.3, 0.4) is 0 Å². The average Bonchev–Trinajstić information content (AvgIpc) is 2.79. The van der Waals surface area contributed by atoms with Crippen LogP contribution in [-0.2, 0) is 21.4 Å². The van der Waals surface area contributed by atoms with E-state index in [2.05, 4.69) is 5.32 Å². The Bertz CT molecular complexity index is 1230. The number of hydrogen-bond acceptors (Lipinski definition) is 5. The molecular formula is C24H25ClN2O5S. The third-order valence-corrected chi connectivity index (χ3v) is 6.94. The predicted molar refractivity (Wildman–Crippen MR) is 128 cm³/mol. The smallest absolute Gasteiger partial charge is 0.247 e. The molecule has 0 heterocycles. The molecule has 3 rings (SSSR count). The Morgan fingerprint density at radius 2 is 1.64 bits per heavy atom. The summed E-state index contributed by atoms with van der Waals surface area (Å²) in [4.78, 5) is 12.8. The SMILES string of the molecule is COc1ccc(C)cc1NC(=O)CN(Cc1ccccc1)S(=O)(=O)c1cc(Cl)ccc1OC. The van der Waals surface area contributed by atoms with E-state index in [-0.39, 0.29) is 22.2 Å². The Labute approximate surface area is 198 Å². The fourth-order valence-electron chi connectivity index (χ4n) is 3.27. The van der Waals surface area contributed by atoms with E-state index in [4.69, 9.17) is 21.1 Å². The normalized spacial score (nSPS) is 11.3. The van der Waals surface area contributed by atoms with Gasteiger partial charge in [-0.15, -0.1) is 0 Å². The van der Waals surface area contributed by atoms with Gasteiger partial charge in [-0.2, -0.15) is 4.31 Å². The Morgan fingerprint density at radius 3 is 2.30 bits per heavy atom. The molecule has 3 aromatic rings. The lowest BCUT2D eigenvalue weighted by atomic mass is 10.2. The molecule has 0 saturated heterocycles. The second-order valence-corrected chi connectivity index (χ2v) is 9.65. The molecule has 0 bridgehead atoms. The van der Waals surface area contributed by atoms with Gasteiger partial charge in [0.1, 0.15) is 16.4 Å². The molecule has 33 heavy (non-hydrogen) atoms. The van der Waals surface area contributed by atoms with Crippen molar-refractivity contribution < 1.29 is 22.7 Å². The lowest BCUT2D eigenvalue weighted by Crippen LogP contribution is -2.37. The molecule has 0 aliphatic rings. The van der Waals surface area contributed by atoms with E-state index in [0.717, 1.165) is 15.4 Å². The van der Waals surface area contributed by atoms with Gasteiger partial charge >= 0.3 is 0 Å². The van der Waals surface area contributed by atoms with Crippen molar-refractivity contribution in [1.29, 1.82) is 0 Å². The van der Waals surface area contributed by atoms with Gasteiger partial charge in [0.15, 0.2) is 0 Å². The number of amides is 1. The molecule has 0 saturated carbocycles. The van der Waals surface area contributed by atoms with Crippen LogP contribution in [0, 0.1) is 6.92 Å². The number of aryl methyl sites for hydroxylation is 1. The maximum Gasteiger partial charge on any atom is 0.247 e. The van der Waals surface area contributed by atoms with E-state index in [1.54, 1.807) is 36.4 Å². The molecule has 0 radical (unpaired) electrons. The second-order valence-electron chi connectivity index (χ2n) is 7.31. The largest absolute Gasteiger partial charge is 0.495 e. The lowest BCUT2D eigenvalue weighted by Gasteiger charge is -2.23. The van der Waals surface area contributed by atoms with Crippen LogP contribution in [0.1, 0.15) is 11.1 Å². The van der Waals surface area contributed by atoms with Gasteiger partial charge in [0.25, 0.3) is 0 Å². The highest BCUT2D eigenvalue weighted by molar-refractivity contribution is 7.89. The van der Waals surface area contributed by atoms with Gasteiger partial charge in [-0.05, 0) is 48.4 Å². The molecule has 0 aliphatic carbocycles. The summed E-state index contributed by atoms with van der Waals surface area (Å²) in [6.45, 7) is 1.44. The molecule has 3 aromatic carbocycles. The maximum atomic E-state index is 13.6. The number of rotatable bonds is 9. The van der Waals surface area contributed by atoms with Gasteiger partial charge in [0, 0.05) is 11.6 Å². The third-order valence-electron chi connectivity index (χ3n) is 4.89. The van der Waals surface area contributed by atoms with E-state index in [0.29, 0.717) is 11.4 Å². The number of nitrogens with one attached hydrogen (secondary N) is 1. The highest BCUT2D eigenvalue weighted by Crippen LogP contribution is 2.31. The summed E-state index contributed by atoms with van der Waals surface area (Å²) >= 11 is 6.07. The van der Waals surface area contributed by atoms with Crippen LogP contribution in [0.15, 0.2) is 71.6 Å². The third kappa shape index (κ3) is 6.04. The Morgan fingerprint density at radius 1 is 0.970 bits per heavy atom. The van der Waals surface area contributed by atoms with E-state index >= 15 is 0 Å². The molecule has 174 valence electrons. The topological polar surface area (TPSA) is 84.9 Å². The number of ether oxygens (including phenoxy) is 2. The van der Waals surface area contributed by atoms with E-state index in [1.165, 1.54) is 32.4 Å². The minimum absolute atomic E-state index is 0.0167. The molecule has 0 fully saturated rings. The fourth-order valence-corrected chi connectivity index (χ4v) is 5.08. The molecule has 0 aliphatic heterocycles. The summed E-state index contributed by atoms with van der Waals surface area (Å²) in [5.41, 5.74) is 2.10. The minimum Gasteiger partial charge on any atom is -0.495 e. The molecular weight excluding hydrogens is 464 g/mol. The van der Waals surface area contributed by atoms with Gasteiger partial charge in [0.05, 0.1) is 26.5 Å². The molecule has 0 unspecified atom stereocenters. The van der Waals surface area contributed by atoms with Crippen LogP contribution < -0.4 is 14.8 Å². The van der Waals surface area contributed by atoms with Crippen molar-refractivity contribution in [2.75, 3.05) is 26.1 Å². The first-order valence-corrected chi connectivity index (χ1v) is 11.9. The Balaban J connectivity index is 1.96. The number of sulfonamides is 1. The summed E-state index contributed by atoms with van der Waals surface area (Å²) < 4.78 is 38.9. The van der Waals surface area contributed by atoms with Crippen LogP contribution in [0.25, 0.3) is 0 Å². The van der Waals surface area contributed by atoms with Crippen molar-refractivity contribution in [3.05, 3.63) is 82.9 Å². The van der Waals surface area contributed by atoms with Crippen LogP contribution in [-0.4, -0.2) is 39.4 Å². The molecule has 9 heteroatoms. The first-order chi connectivity index (χ1) is 15.7. The zero-order valence-corrected chi connectivity index (χ0v) is 20.1. The fraction of sp³-hybridized carbons (Fsp3) is 0.208.